The van der Waals surface area contributed by atoms with E-state index in [1.165, 1.54) is 62.8 Å². The molecule has 0 atom stereocenters. The number of carbonyl (C=O) groups is 1. The lowest BCUT2D eigenvalue weighted by molar-refractivity contribution is -0.106. The highest BCUT2D eigenvalue weighted by Crippen LogP contribution is 2.39. The molecule has 2 aliphatic carbocycles. The average molecular weight is 372 g/mol. The van der Waals surface area contributed by atoms with Crippen molar-refractivity contribution in [2.45, 2.75) is 73.6 Å². The highest BCUT2D eigenvalue weighted by Gasteiger charge is 2.24. The second-order valence-electron chi connectivity index (χ2n) is 7.83. The van der Waals surface area contributed by atoms with Crippen LogP contribution in [-0.2, 0) is 17.6 Å². The van der Waals surface area contributed by atoms with Crippen molar-refractivity contribution in [2.24, 2.45) is 17.6 Å². The molecule has 1 aromatic rings. The lowest BCUT2D eigenvalue weighted by atomic mass is 9.92. The first-order chi connectivity index (χ1) is 12.8. The molecule has 2 heteroatoms. The standard InChI is InChI=1S/C18H22.C4H10.C2H4O.CH5N/c1-4-14-11-16-6-5-7-17(16)13(3)18(14)10-12(2)15-8-9-15;1-4(2)3;1-2-3;1-2/h4,10-11,15H,1,5-9H2,2-3H3;4H,1-3H3;2H,1H3;2H2,1H3/b12-10+;;;. The Morgan fingerprint density at radius 3 is 2.19 bits per heavy atom. The first-order valence-corrected chi connectivity index (χ1v) is 10.3. The SMILES string of the molecule is C=Cc1cc2c(c(C)c1/C=C(\C)C1CC1)CCC2.CC(C)C.CC=O.CN. The number of fused-ring (bicyclic) bond motifs is 1. The van der Waals surface area contributed by atoms with Crippen LogP contribution in [0.2, 0.25) is 0 Å². The number of rotatable bonds is 3. The molecule has 1 aromatic carbocycles. The summed E-state index contributed by atoms with van der Waals surface area (Å²) in [5, 5.41) is 0. The minimum atomic E-state index is 0.750. The van der Waals surface area contributed by atoms with E-state index in [1.807, 2.05) is 6.08 Å². The molecule has 1 fully saturated rings. The molecular weight excluding hydrogens is 330 g/mol. The van der Waals surface area contributed by atoms with E-state index in [0.29, 0.717) is 0 Å². The summed E-state index contributed by atoms with van der Waals surface area (Å²) in [4.78, 5) is 8.81. The smallest absolute Gasteiger partial charge is 0.116 e. The van der Waals surface area contributed by atoms with Crippen molar-refractivity contribution in [2.75, 3.05) is 7.05 Å². The quantitative estimate of drug-likeness (QED) is 0.626. The largest absolute Gasteiger partial charge is 0.333 e. The Morgan fingerprint density at radius 2 is 1.74 bits per heavy atom. The zero-order valence-electron chi connectivity index (χ0n) is 18.7. The van der Waals surface area contributed by atoms with Gasteiger partial charge in [-0.3, -0.25) is 0 Å². The van der Waals surface area contributed by atoms with Crippen molar-refractivity contribution < 1.29 is 4.79 Å². The summed E-state index contributed by atoms with van der Waals surface area (Å²) in [6, 6.07) is 2.37. The van der Waals surface area contributed by atoms with E-state index in [2.05, 4.69) is 59.1 Å². The highest BCUT2D eigenvalue weighted by molar-refractivity contribution is 5.71. The molecule has 2 aliphatic rings. The molecule has 0 aliphatic heterocycles. The Kier molecular flexibility index (Phi) is 12.7. The van der Waals surface area contributed by atoms with Crippen molar-refractivity contribution in [1.82, 2.24) is 0 Å². The van der Waals surface area contributed by atoms with Crippen LogP contribution in [0.1, 0.15) is 81.7 Å². The van der Waals surface area contributed by atoms with Gasteiger partial charge in [0.15, 0.2) is 0 Å². The van der Waals surface area contributed by atoms with Gasteiger partial charge in [0.1, 0.15) is 6.29 Å². The summed E-state index contributed by atoms with van der Waals surface area (Å²) in [7, 11) is 1.50. The third kappa shape index (κ3) is 8.71. The first-order valence-electron chi connectivity index (χ1n) is 10.3. The van der Waals surface area contributed by atoms with Crippen LogP contribution in [0.5, 0.6) is 0 Å². The summed E-state index contributed by atoms with van der Waals surface area (Å²) in [5.41, 5.74) is 13.5. The van der Waals surface area contributed by atoms with Crippen LogP contribution in [0.25, 0.3) is 12.2 Å². The Morgan fingerprint density at radius 1 is 1.22 bits per heavy atom. The third-order valence-corrected chi connectivity index (χ3v) is 4.57. The van der Waals surface area contributed by atoms with Crippen LogP contribution in [0.4, 0.5) is 0 Å². The molecule has 27 heavy (non-hydrogen) atoms. The fourth-order valence-corrected chi connectivity index (χ4v) is 3.24. The van der Waals surface area contributed by atoms with Crippen molar-refractivity contribution in [3.63, 3.8) is 0 Å². The van der Waals surface area contributed by atoms with Gasteiger partial charge in [-0.15, -0.1) is 0 Å². The number of allylic oxidation sites excluding steroid dienone is 1. The van der Waals surface area contributed by atoms with Crippen LogP contribution >= 0.6 is 0 Å². The van der Waals surface area contributed by atoms with E-state index in [1.54, 1.807) is 16.7 Å². The van der Waals surface area contributed by atoms with Crippen molar-refractivity contribution in [1.29, 1.82) is 0 Å². The Balaban J connectivity index is 0.000000644. The maximum atomic E-state index is 8.81. The summed E-state index contributed by atoms with van der Waals surface area (Å²) in [5.74, 6) is 1.69. The van der Waals surface area contributed by atoms with Gasteiger partial charge < -0.3 is 10.5 Å². The van der Waals surface area contributed by atoms with Gasteiger partial charge in [-0.05, 0) is 99.6 Å². The lowest BCUT2D eigenvalue weighted by Crippen LogP contribution is -1.96. The predicted molar refractivity (Wildman–Crippen MR) is 122 cm³/mol. The molecule has 0 heterocycles. The number of aldehydes is 1. The Bertz CT molecular complexity index is 619. The molecule has 2 nitrogen and oxygen atoms in total. The molecule has 1 saturated carbocycles. The molecule has 2 N–H and O–H groups in total. The third-order valence-electron chi connectivity index (χ3n) is 4.57. The topological polar surface area (TPSA) is 43.1 Å². The zero-order valence-corrected chi connectivity index (χ0v) is 18.7. The van der Waals surface area contributed by atoms with Gasteiger partial charge in [0, 0.05) is 0 Å². The monoisotopic (exact) mass is 371 g/mol. The minimum absolute atomic E-state index is 0.750. The number of carbonyl (C=O) groups excluding carboxylic acids is 1. The number of hydrogen-bond donors (Lipinski definition) is 1. The minimum Gasteiger partial charge on any atom is -0.333 e. The Labute approximate surface area is 167 Å². The summed E-state index contributed by atoms with van der Waals surface area (Å²) in [6.07, 6.45) is 11.8. The summed E-state index contributed by atoms with van der Waals surface area (Å²) >= 11 is 0. The van der Waals surface area contributed by atoms with Crippen LogP contribution in [0, 0.1) is 18.8 Å². The van der Waals surface area contributed by atoms with E-state index in [4.69, 9.17) is 4.79 Å². The fraction of sp³-hybridized carbons (Fsp3) is 0.560. The zero-order chi connectivity index (χ0) is 21.0. The van der Waals surface area contributed by atoms with Gasteiger partial charge >= 0.3 is 0 Å². The van der Waals surface area contributed by atoms with E-state index < -0.39 is 0 Å². The molecule has 152 valence electrons. The van der Waals surface area contributed by atoms with Crippen LogP contribution < -0.4 is 5.73 Å². The van der Waals surface area contributed by atoms with Gasteiger partial charge in [0.05, 0.1) is 0 Å². The van der Waals surface area contributed by atoms with E-state index in [0.717, 1.165) is 18.1 Å². The van der Waals surface area contributed by atoms with Crippen molar-refractivity contribution >= 4 is 18.4 Å². The first kappa shape index (κ1) is 25.3. The van der Waals surface area contributed by atoms with Gasteiger partial charge in [-0.25, -0.2) is 0 Å². The number of nitrogens with two attached hydrogens (primary N) is 1. The highest BCUT2D eigenvalue weighted by atomic mass is 16.1. The molecule has 0 aromatic heterocycles. The molecule has 0 bridgehead atoms. The van der Waals surface area contributed by atoms with Crippen LogP contribution in [0.15, 0.2) is 18.2 Å². The predicted octanol–water partition coefficient (Wildman–Crippen LogP) is 6.38. The van der Waals surface area contributed by atoms with Crippen molar-refractivity contribution in [3.05, 3.63) is 46.0 Å². The Hall–Kier alpha value is -1.67. The van der Waals surface area contributed by atoms with Crippen molar-refractivity contribution in [3.8, 4) is 0 Å². The second kappa shape index (κ2) is 13.5. The van der Waals surface area contributed by atoms with Crippen LogP contribution in [-0.4, -0.2) is 13.3 Å². The van der Waals surface area contributed by atoms with E-state index in [9.17, 15) is 0 Å². The molecule has 0 unspecified atom stereocenters. The lowest BCUT2D eigenvalue weighted by Gasteiger charge is -2.13. The average Bonchev–Trinajstić information content (AvgIpc) is 3.37. The summed E-state index contributed by atoms with van der Waals surface area (Å²) in [6.45, 7) is 16.5. The number of aryl methyl sites for hydroxylation is 1. The molecule has 0 spiro atoms. The molecule has 0 saturated heterocycles. The fourth-order valence-electron chi connectivity index (χ4n) is 3.24. The van der Waals surface area contributed by atoms with E-state index >= 15 is 0 Å². The number of benzene rings is 1. The maximum absolute atomic E-state index is 8.81. The van der Waals surface area contributed by atoms with Gasteiger partial charge in [-0.1, -0.05) is 51.1 Å². The molecule has 0 amide bonds. The van der Waals surface area contributed by atoms with Gasteiger partial charge in [0.25, 0.3) is 0 Å². The molecule has 0 radical (unpaired) electrons. The van der Waals surface area contributed by atoms with Gasteiger partial charge in [0.2, 0.25) is 0 Å². The van der Waals surface area contributed by atoms with E-state index in [-0.39, 0.29) is 0 Å². The van der Waals surface area contributed by atoms with Gasteiger partial charge in [-0.2, -0.15) is 0 Å². The summed E-state index contributed by atoms with van der Waals surface area (Å²) < 4.78 is 0. The number of hydrogen-bond acceptors (Lipinski definition) is 2. The molecular formula is C25H41NO. The maximum Gasteiger partial charge on any atom is 0.116 e. The van der Waals surface area contributed by atoms with Crippen LogP contribution in [0.3, 0.4) is 0 Å². The molecule has 3 rings (SSSR count). The normalized spacial score (nSPS) is 14.6. The second-order valence-corrected chi connectivity index (χ2v) is 7.83.